The molecule has 2 aromatic carbocycles. The highest BCUT2D eigenvalue weighted by Gasteiger charge is 2.26. The molecule has 1 N–H and O–H groups in total. The molecule has 0 heterocycles. The molecule has 198 valence electrons. The van der Waals surface area contributed by atoms with Crippen LogP contribution >= 0.6 is 0 Å². The number of anilines is 1. The fourth-order valence-electron chi connectivity index (χ4n) is 4.00. The predicted molar refractivity (Wildman–Crippen MR) is 142 cm³/mol. The molecule has 0 aliphatic heterocycles. The van der Waals surface area contributed by atoms with E-state index in [9.17, 15) is 22.4 Å². The number of amides is 2. The smallest absolute Gasteiger partial charge is 0.242 e. The van der Waals surface area contributed by atoms with Crippen LogP contribution in [0.15, 0.2) is 42.5 Å². The number of hydrogen-bond acceptors (Lipinski definition) is 4. The van der Waals surface area contributed by atoms with Gasteiger partial charge in [0.05, 0.1) is 11.9 Å². The molecule has 0 bridgehead atoms. The highest BCUT2D eigenvalue weighted by molar-refractivity contribution is 7.92. The van der Waals surface area contributed by atoms with E-state index in [1.165, 1.54) is 21.3 Å². The molecule has 0 aliphatic rings. The molecule has 36 heavy (non-hydrogen) atoms. The van der Waals surface area contributed by atoms with E-state index in [1.807, 2.05) is 26.8 Å². The van der Waals surface area contributed by atoms with Crippen LogP contribution in [0.5, 0.6) is 0 Å². The molecule has 0 fully saturated rings. The third-order valence-electron chi connectivity index (χ3n) is 5.91. The molecular weight excluding hydrogens is 481 g/mol. The Morgan fingerprint density at radius 1 is 1.03 bits per heavy atom. The first-order valence-corrected chi connectivity index (χ1v) is 14.1. The van der Waals surface area contributed by atoms with Crippen LogP contribution in [0, 0.1) is 19.7 Å². The van der Waals surface area contributed by atoms with Gasteiger partial charge in [0, 0.05) is 26.1 Å². The highest BCUT2D eigenvalue weighted by atomic mass is 32.2. The highest BCUT2D eigenvalue weighted by Crippen LogP contribution is 2.22. The van der Waals surface area contributed by atoms with E-state index in [-0.39, 0.29) is 43.6 Å². The summed E-state index contributed by atoms with van der Waals surface area (Å²) in [6.07, 6.45) is 3.26. The SMILES string of the molecule is CCCCNC(=O)[C@H](C)N(Cc1ccc(F)cc1)C(=O)CCCN(c1cc(C)cc(C)c1)S(C)(=O)=O. The molecule has 0 saturated carbocycles. The minimum Gasteiger partial charge on any atom is -0.354 e. The average Bonchev–Trinajstić information content (AvgIpc) is 2.79. The zero-order valence-corrected chi connectivity index (χ0v) is 22.7. The number of aryl methyl sites for hydroxylation is 2. The molecule has 9 heteroatoms. The van der Waals surface area contributed by atoms with Crippen LogP contribution in [0.2, 0.25) is 0 Å². The van der Waals surface area contributed by atoms with Crippen molar-refractivity contribution in [2.75, 3.05) is 23.7 Å². The third-order valence-corrected chi connectivity index (χ3v) is 7.10. The van der Waals surface area contributed by atoms with Crippen LogP contribution in [-0.2, 0) is 26.2 Å². The number of rotatable bonds is 13. The summed E-state index contributed by atoms with van der Waals surface area (Å²) in [6.45, 7) is 8.31. The van der Waals surface area contributed by atoms with E-state index in [0.717, 1.165) is 30.2 Å². The standard InChI is InChI=1S/C27H38FN3O4S/c1-6-7-14-29-27(33)22(4)30(19-23-10-12-24(28)13-11-23)26(32)9-8-15-31(36(5,34)35)25-17-20(2)16-21(3)18-25/h10-13,16-18,22H,6-9,14-15,19H2,1-5H3,(H,29,33)/t22-/m0/s1. The molecule has 0 spiro atoms. The molecule has 7 nitrogen and oxygen atoms in total. The Morgan fingerprint density at radius 3 is 2.19 bits per heavy atom. The van der Waals surface area contributed by atoms with Gasteiger partial charge in [0.1, 0.15) is 11.9 Å². The summed E-state index contributed by atoms with van der Waals surface area (Å²) in [6, 6.07) is 10.7. The summed E-state index contributed by atoms with van der Waals surface area (Å²) in [5, 5.41) is 2.86. The van der Waals surface area contributed by atoms with Crippen molar-refractivity contribution in [3.8, 4) is 0 Å². The monoisotopic (exact) mass is 519 g/mol. The number of nitrogens with zero attached hydrogens (tertiary/aromatic N) is 2. The van der Waals surface area contributed by atoms with Gasteiger partial charge < -0.3 is 10.2 Å². The second kappa shape index (κ2) is 13.4. The second-order valence-corrected chi connectivity index (χ2v) is 11.2. The summed E-state index contributed by atoms with van der Waals surface area (Å²) < 4.78 is 39.7. The Labute approximate surface area is 214 Å². The van der Waals surface area contributed by atoms with Gasteiger partial charge in [-0.3, -0.25) is 13.9 Å². The van der Waals surface area contributed by atoms with Crippen molar-refractivity contribution in [2.24, 2.45) is 0 Å². The molecule has 0 unspecified atom stereocenters. The lowest BCUT2D eigenvalue weighted by molar-refractivity contribution is -0.140. The van der Waals surface area contributed by atoms with Crippen LogP contribution in [0.3, 0.4) is 0 Å². The minimum absolute atomic E-state index is 0.0601. The first kappa shape index (κ1) is 29.3. The van der Waals surface area contributed by atoms with Crippen molar-refractivity contribution in [1.29, 1.82) is 0 Å². The van der Waals surface area contributed by atoms with Crippen molar-refractivity contribution in [3.05, 3.63) is 65.0 Å². The Balaban J connectivity index is 2.16. The molecule has 2 aromatic rings. The lowest BCUT2D eigenvalue weighted by atomic mass is 10.1. The number of benzene rings is 2. The number of halogens is 1. The fourth-order valence-corrected chi connectivity index (χ4v) is 4.95. The summed E-state index contributed by atoms with van der Waals surface area (Å²) in [4.78, 5) is 27.5. The summed E-state index contributed by atoms with van der Waals surface area (Å²) in [5.41, 5.74) is 3.16. The fraction of sp³-hybridized carbons (Fsp3) is 0.481. The number of carbonyl (C=O) groups excluding carboxylic acids is 2. The van der Waals surface area contributed by atoms with Crippen molar-refractivity contribution in [3.63, 3.8) is 0 Å². The molecule has 2 amide bonds. The van der Waals surface area contributed by atoms with Gasteiger partial charge in [-0.25, -0.2) is 12.8 Å². The van der Waals surface area contributed by atoms with Gasteiger partial charge in [0.25, 0.3) is 0 Å². The number of unbranched alkanes of at least 4 members (excludes halogenated alkanes) is 1. The topological polar surface area (TPSA) is 86.8 Å². The zero-order valence-electron chi connectivity index (χ0n) is 21.9. The second-order valence-electron chi connectivity index (χ2n) is 9.25. The Hall–Kier alpha value is -2.94. The van der Waals surface area contributed by atoms with Crippen molar-refractivity contribution >= 4 is 27.5 Å². The van der Waals surface area contributed by atoms with Crippen molar-refractivity contribution in [1.82, 2.24) is 10.2 Å². The van der Waals surface area contributed by atoms with E-state index < -0.39 is 16.1 Å². The maximum absolute atomic E-state index is 13.4. The van der Waals surface area contributed by atoms with E-state index in [0.29, 0.717) is 17.8 Å². The van der Waals surface area contributed by atoms with Crippen molar-refractivity contribution in [2.45, 2.75) is 66.0 Å². The Morgan fingerprint density at radius 2 is 1.64 bits per heavy atom. The van der Waals surface area contributed by atoms with Crippen LogP contribution in [0.1, 0.15) is 56.2 Å². The summed E-state index contributed by atoms with van der Waals surface area (Å²) in [5.74, 6) is -0.910. The van der Waals surface area contributed by atoms with E-state index in [2.05, 4.69) is 5.32 Å². The van der Waals surface area contributed by atoms with Gasteiger partial charge in [-0.15, -0.1) is 0 Å². The first-order chi connectivity index (χ1) is 16.9. The van der Waals surface area contributed by atoms with E-state index >= 15 is 0 Å². The quantitative estimate of drug-likeness (QED) is 0.399. The maximum atomic E-state index is 13.4. The molecule has 2 rings (SSSR count). The molecule has 0 aliphatic carbocycles. The van der Waals surface area contributed by atoms with Gasteiger partial charge in [-0.05, 0) is 74.6 Å². The number of carbonyl (C=O) groups is 2. The first-order valence-electron chi connectivity index (χ1n) is 12.3. The summed E-state index contributed by atoms with van der Waals surface area (Å²) in [7, 11) is -3.56. The average molecular weight is 520 g/mol. The lowest BCUT2D eigenvalue weighted by Gasteiger charge is -2.29. The van der Waals surface area contributed by atoms with Crippen LogP contribution in [0.25, 0.3) is 0 Å². The normalized spacial score (nSPS) is 12.2. The minimum atomic E-state index is -3.56. The maximum Gasteiger partial charge on any atom is 0.242 e. The van der Waals surface area contributed by atoms with Gasteiger partial charge in [0.15, 0.2) is 0 Å². The third kappa shape index (κ3) is 8.93. The van der Waals surface area contributed by atoms with Gasteiger partial charge in [-0.1, -0.05) is 31.5 Å². The molecule has 0 aromatic heterocycles. The Kier molecular flexibility index (Phi) is 10.9. The van der Waals surface area contributed by atoms with Crippen LogP contribution in [-0.4, -0.2) is 50.5 Å². The molecule has 0 radical (unpaired) electrons. The number of hydrogen-bond donors (Lipinski definition) is 1. The van der Waals surface area contributed by atoms with Gasteiger partial charge in [-0.2, -0.15) is 0 Å². The number of sulfonamides is 1. The molecular formula is C27H38FN3O4S. The van der Waals surface area contributed by atoms with Crippen LogP contribution in [0.4, 0.5) is 10.1 Å². The largest absolute Gasteiger partial charge is 0.354 e. The van der Waals surface area contributed by atoms with Crippen LogP contribution < -0.4 is 9.62 Å². The Bertz CT molecular complexity index is 1120. The predicted octanol–water partition coefficient (Wildman–Crippen LogP) is 4.32. The lowest BCUT2D eigenvalue weighted by Crippen LogP contribution is -2.48. The van der Waals surface area contributed by atoms with Gasteiger partial charge >= 0.3 is 0 Å². The van der Waals surface area contributed by atoms with E-state index in [4.69, 9.17) is 0 Å². The van der Waals surface area contributed by atoms with Crippen molar-refractivity contribution < 1.29 is 22.4 Å². The zero-order chi connectivity index (χ0) is 26.9. The van der Waals surface area contributed by atoms with E-state index in [1.54, 1.807) is 31.2 Å². The number of nitrogens with one attached hydrogen (secondary N) is 1. The van der Waals surface area contributed by atoms with Gasteiger partial charge in [0.2, 0.25) is 21.8 Å². The molecule has 0 saturated heterocycles. The summed E-state index contributed by atoms with van der Waals surface area (Å²) >= 11 is 0. The molecule has 1 atom stereocenters.